The van der Waals surface area contributed by atoms with Crippen molar-refractivity contribution in [3.05, 3.63) is 0 Å². The van der Waals surface area contributed by atoms with Gasteiger partial charge in [0.25, 0.3) is 0 Å². The van der Waals surface area contributed by atoms with Gasteiger partial charge in [-0.25, -0.2) is 4.79 Å². The van der Waals surface area contributed by atoms with Gasteiger partial charge >= 0.3 is 5.97 Å². The number of carbonyl (C=O) groups is 1. The topological polar surface area (TPSA) is 56.8 Å². The van der Waals surface area contributed by atoms with E-state index < -0.39 is 5.54 Å². The van der Waals surface area contributed by atoms with Crippen LogP contribution >= 0.6 is 0 Å². The quantitative estimate of drug-likeness (QED) is 0.476. The summed E-state index contributed by atoms with van der Waals surface area (Å²) in [6.07, 6.45) is 4.44. The number of ether oxygens (including phenoxy) is 3. The number of hydrogen-bond acceptors (Lipinski definition) is 5. The summed E-state index contributed by atoms with van der Waals surface area (Å²) in [6, 6.07) is 0.455. The van der Waals surface area contributed by atoms with Gasteiger partial charge in [0.2, 0.25) is 0 Å². The Bertz CT molecular complexity index is 302. The standard InChI is InChI=1S/C14H25NO4/c1-3-19-13(16)14(11-4-5-11,15-12-6-7-12)10-18-9-8-17-2/h11-12,15H,3-10H2,1-2H3. The first-order valence-corrected chi connectivity index (χ1v) is 7.24. The highest BCUT2D eigenvalue weighted by molar-refractivity contribution is 5.82. The molecule has 0 aliphatic heterocycles. The van der Waals surface area contributed by atoms with Gasteiger partial charge < -0.3 is 14.2 Å². The summed E-state index contributed by atoms with van der Waals surface area (Å²) >= 11 is 0. The van der Waals surface area contributed by atoms with Crippen LogP contribution in [0.1, 0.15) is 32.6 Å². The van der Waals surface area contributed by atoms with Crippen molar-refractivity contribution in [2.45, 2.75) is 44.2 Å². The van der Waals surface area contributed by atoms with E-state index >= 15 is 0 Å². The van der Waals surface area contributed by atoms with Crippen molar-refractivity contribution in [1.29, 1.82) is 0 Å². The maximum Gasteiger partial charge on any atom is 0.329 e. The fourth-order valence-corrected chi connectivity index (χ4v) is 2.37. The van der Waals surface area contributed by atoms with Gasteiger partial charge in [-0.3, -0.25) is 5.32 Å². The molecule has 0 bridgehead atoms. The van der Waals surface area contributed by atoms with Crippen LogP contribution in [-0.2, 0) is 19.0 Å². The van der Waals surface area contributed by atoms with Gasteiger partial charge in [0, 0.05) is 13.2 Å². The lowest BCUT2D eigenvalue weighted by Gasteiger charge is -2.32. The molecule has 0 aromatic rings. The van der Waals surface area contributed by atoms with Gasteiger partial charge in [0.05, 0.1) is 26.4 Å². The molecule has 5 heteroatoms. The minimum atomic E-state index is -0.634. The van der Waals surface area contributed by atoms with Crippen molar-refractivity contribution < 1.29 is 19.0 Å². The van der Waals surface area contributed by atoms with Crippen LogP contribution in [0.2, 0.25) is 0 Å². The van der Waals surface area contributed by atoms with Gasteiger partial charge in [-0.2, -0.15) is 0 Å². The highest BCUT2D eigenvalue weighted by atomic mass is 16.5. The first-order valence-electron chi connectivity index (χ1n) is 7.24. The van der Waals surface area contributed by atoms with Crippen molar-refractivity contribution in [3.63, 3.8) is 0 Å². The van der Waals surface area contributed by atoms with E-state index in [0.29, 0.717) is 38.4 Å². The molecule has 0 heterocycles. The number of carbonyl (C=O) groups excluding carboxylic acids is 1. The van der Waals surface area contributed by atoms with E-state index in [2.05, 4.69) is 5.32 Å². The molecular formula is C14H25NO4. The molecular weight excluding hydrogens is 246 g/mol. The van der Waals surface area contributed by atoms with E-state index in [4.69, 9.17) is 14.2 Å². The Morgan fingerprint density at radius 2 is 2.00 bits per heavy atom. The maximum atomic E-state index is 12.4. The second kappa shape index (κ2) is 6.68. The van der Waals surface area contributed by atoms with Crippen LogP contribution in [0, 0.1) is 5.92 Å². The van der Waals surface area contributed by atoms with E-state index in [1.807, 2.05) is 6.92 Å². The molecule has 0 saturated heterocycles. The smallest absolute Gasteiger partial charge is 0.329 e. The molecule has 1 unspecified atom stereocenters. The van der Waals surface area contributed by atoms with Crippen LogP contribution in [-0.4, -0.2) is 51.1 Å². The maximum absolute atomic E-state index is 12.4. The lowest BCUT2D eigenvalue weighted by Crippen LogP contribution is -2.59. The Balaban J connectivity index is 1.97. The third-order valence-electron chi connectivity index (χ3n) is 3.71. The SMILES string of the molecule is CCOC(=O)C(COCCOC)(NC1CC1)C1CC1. The van der Waals surface area contributed by atoms with Crippen LogP contribution in [0.3, 0.4) is 0 Å². The first kappa shape index (κ1) is 14.8. The Hall–Kier alpha value is -0.650. The summed E-state index contributed by atoms with van der Waals surface area (Å²) in [5.41, 5.74) is -0.634. The summed E-state index contributed by atoms with van der Waals surface area (Å²) in [5.74, 6) is 0.205. The van der Waals surface area contributed by atoms with E-state index in [1.54, 1.807) is 7.11 Å². The number of hydrogen-bond donors (Lipinski definition) is 1. The normalized spacial score (nSPS) is 22.0. The van der Waals surface area contributed by atoms with Crippen molar-refractivity contribution in [2.24, 2.45) is 5.92 Å². The molecule has 5 nitrogen and oxygen atoms in total. The zero-order valence-electron chi connectivity index (χ0n) is 11.9. The molecule has 1 N–H and O–H groups in total. The third-order valence-corrected chi connectivity index (χ3v) is 3.71. The lowest BCUT2D eigenvalue weighted by molar-refractivity contribution is -0.156. The number of nitrogens with one attached hydrogen (secondary N) is 1. The molecule has 110 valence electrons. The molecule has 0 aromatic carbocycles. The Morgan fingerprint density at radius 1 is 1.26 bits per heavy atom. The molecule has 0 spiro atoms. The fraction of sp³-hybridized carbons (Fsp3) is 0.929. The molecule has 2 aliphatic rings. The van der Waals surface area contributed by atoms with E-state index in [-0.39, 0.29) is 5.97 Å². The predicted octanol–water partition coefficient (Wildman–Crippen LogP) is 1.11. The molecule has 19 heavy (non-hydrogen) atoms. The molecule has 0 aromatic heterocycles. The predicted molar refractivity (Wildman–Crippen MR) is 70.9 cm³/mol. The average molecular weight is 271 g/mol. The van der Waals surface area contributed by atoms with Gasteiger partial charge in [0.15, 0.2) is 0 Å². The zero-order valence-corrected chi connectivity index (χ0v) is 11.9. The van der Waals surface area contributed by atoms with Crippen LogP contribution in [0.5, 0.6) is 0 Å². The summed E-state index contributed by atoms with van der Waals surface area (Å²) in [4.78, 5) is 12.4. The second-order valence-electron chi connectivity index (χ2n) is 5.43. The Labute approximate surface area is 115 Å². The van der Waals surface area contributed by atoms with Crippen LogP contribution in [0.25, 0.3) is 0 Å². The highest BCUT2D eigenvalue weighted by Gasteiger charge is 2.54. The van der Waals surface area contributed by atoms with Crippen molar-refractivity contribution >= 4 is 5.97 Å². The van der Waals surface area contributed by atoms with Crippen molar-refractivity contribution in [2.75, 3.05) is 33.5 Å². The molecule has 1 atom stereocenters. The number of esters is 1. The van der Waals surface area contributed by atoms with E-state index in [9.17, 15) is 4.79 Å². The van der Waals surface area contributed by atoms with Crippen molar-refractivity contribution in [1.82, 2.24) is 5.32 Å². The zero-order chi connectivity index (χ0) is 13.7. The molecule has 2 aliphatic carbocycles. The summed E-state index contributed by atoms with van der Waals surface area (Å²) in [5, 5.41) is 3.49. The largest absolute Gasteiger partial charge is 0.465 e. The fourth-order valence-electron chi connectivity index (χ4n) is 2.37. The molecule has 2 rings (SSSR count). The van der Waals surface area contributed by atoms with Gasteiger partial charge in [-0.15, -0.1) is 0 Å². The number of methoxy groups -OCH3 is 1. The Morgan fingerprint density at radius 3 is 2.53 bits per heavy atom. The summed E-state index contributed by atoms with van der Waals surface area (Å²) < 4.78 is 15.9. The van der Waals surface area contributed by atoms with E-state index in [1.165, 1.54) is 0 Å². The average Bonchev–Trinajstić information content (AvgIpc) is 3.26. The summed E-state index contributed by atoms with van der Waals surface area (Å²) in [7, 11) is 1.64. The summed E-state index contributed by atoms with van der Waals surface area (Å²) in [6.45, 7) is 3.70. The van der Waals surface area contributed by atoms with E-state index in [0.717, 1.165) is 25.7 Å². The minimum absolute atomic E-state index is 0.151. The molecule has 0 amide bonds. The lowest BCUT2D eigenvalue weighted by atomic mass is 9.93. The first-order chi connectivity index (χ1) is 9.23. The number of rotatable bonds is 10. The van der Waals surface area contributed by atoms with Crippen LogP contribution in [0.15, 0.2) is 0 Å². The molecule has 0 radical (unpaired) electrons. The third kappa shape index (κ3) is 3.91. The second-order valence-corrected chi connectivity index (χ2v) is 5.43. The molecule has 2 fully saturated rings. The monoisotopic (exact) mass is 271 g/mol. The van der Waals surface area contributed by atoms with Gasteiger partial charge in [0.1, 0.15) is 5.54 Å². The van der Waals surface area contributed by atoms with Gasteiger partial charge in [-0.05, 0) is 38.5 Å². The van der Waals surface area contributed by atoms with Crippen LogP contribution in [0.4, 0.5) is 0 Å². The Kier molecular flexibility index (Phi) is 5.19. The van der Waals surface area contributed by atoms with Crippen molar-refractivity contribution in [3.8, 4) is 0 Å². The van der Waals surface area contributed by atoms with Gasteiger partial charge in [-0.1, -0.05) is 0 Å². The van der Waals surface area contributed by atoms with Crippen LogP contribution < -0.4 is 5.32 Å². The highest BCUT2D eigenvalue weighted by Crippen LogP contribution is 2.42. The minimum Gasteiger partial charge on any atom is -0.465 e. The molecule has 2 saturated carbocycles.